The first-order valence-electron chi connectivity index (χ1n) is 19.6. The highest BCUT2D eigenvalue weighted by atomic mass is 16.6. The van der Waals surface area contributed by atoms with Crippen molar-refractivity contribution in [1.29, 1.82) is 0 Å². The van der Waals surface area contributed by atoms with E-state index in [-0.39, 0.29) is 6.42 Å². The molecule has 0 spiro atoms. The third kappa shape index (κ3) is 27.2. The van der Waals surface area contributed by atoms with Gasteiger partial charge in [-0.3, -0.25) is 9.59 Å². The lowest BCUT2D eigenvalue weighted by Crippen LogP contribution is -2.23. The van der Waals surface area contributed by atoms with Gasteiger partial charge in [0.15, 0.2) is 0 Å². The molecule has 0 aliphatic carbocycles. The van der Waals surface area contributed by atoms with Crippen LogP contribution >= 0.6 is 0 Å². The monoisotopic (exact) mass is 623 g/mol. The summed E-state index contributed by atoms with van der Waals surface area (Å²) < 4.78 is 17.4. The minimum Gasteiger partial charge on any atom is -0.465 e. The van der Waals surface area contributed by atoms with Crippen molar-refractivity contribution in [2.24, 2.45) is 0 Å². The predicted octanol–water partition coefficient (Wildman–Crippen LogP) is 12.0. The number of unbranched alkanes of at least 4 members (excludes halogenated alkanes) is 20. The number of carbonyl (C=O) groups excluding carboxylic acids is 2. The summed E-state index contributed by atoms with van der Waals surface area (Å²) in [4.78, 5) is 23.8. The van der Waals surface area contributed by atoms with Crippen molar-refractivity contribution in [3.63, 3.8) is 0 Å². The summed E-state index contributed by atoms with van der Waals surface area (Å²) in [6.07, 6.45) is 38.3. The fourth-order valence-corrected chi connectivity index (χ4v) is 6.45. The zero-order chi connectivity index (χ0) is 31.8. The van der Waals surface area contributed by atoms with Gasteiger partial charge < -0.3 is 14.2 Å². The molecule has 0 aromatic carbocycles. The van der Waals surface area contributed by atoms with Gasteiger partial charge in [-0.05, 0) is 51.4 Å². The summed E-state index contributed by atoms with van der Waals surface area (Å²) in [6.45, 7) is 5.32. The van der Waals surface area contributed by atoms with Gasteiger partial charge >= 0.3 is 11.9 Å². The second kappa shape index (κ2) is 31.9. The van der Waals surface area contributed by atoms with Crippen LogP contribution in [0.4, 0.5) is 0 Å². The SMILES string of the molecule is CCCCCCCCCCCCCC1CCCCOC(=O)CC(=O)OCCCCC(CCCCCCCCCCCCC)O1. The van der Waals surface area contributed by atoms with Crippen molar-refractivity contribution in [2.75, 3.05) is 13.2 Å². The number of carbonyl (C=O) groups is 2. The van der Waals surface area contributed by atoms with E-state index in [1.165, 1.54) is 141 Å². The van der Waals surface area contributed by atoms with Crippen LogP contribution < -0.4 is 0 Å². The minimum absolute atomic E-state index is 0.272. The predicted molar refractivity (Wildman–Crippen MR) is 185 cm³/mol. The second-order valence-electron chi connectivity index (χ2n) is 13.6. The van der Waals surface area contributed by atoms with E-state index in [1.54, 1.807) is 0 Å². The maximum Gasteiger partial charge on any atom is 0.317 e. The lowest BCUT2D eigenvalue weighted by Gasteiger charge is -2.26. The molecule has 2 unspecified atom stereocenters. The van der Waals surface area contributed by atoms with Crippen LogP contribution in [0.15, 0.2) is 0 Å². The Morgan fingerprint density at radius 3 is 1.11 bits per heavy atom. The molecular formula is C39H74O5. The van der Waals surface area contributed by atoms with Gasteiger partial charge in [0.05, 0.1) is 25.4 Å². The van der Waals surface area contributed by atoms with Crippen LogP contribution in [0.5, 0.6) is 0 Å². The zero-order valence-electron chi connectivity index (χ0n) is 29.5. The van der Waals surface area contributed by atoms with Crippen LogP contribution in [0.1, 0.15) is 213 Å². The molecule has 1 aliphatic rings. The van der Waals surface area contributed by atoms with Crippen molar-refractivity contribution in [3.8, 4) is 0 Å². The van der Waals surface area contributed by atoms with E-state index in [4.69, 9.17) is 14.2 Å². The quantitative estimate of drug-likeness (QED) is 0.0609. The van der Waals surface area contributed by atoms with Crippen LogP contribution in [0, 0.1) is 0 Å². The number of ether oxygens (including phenoxy) is 3. The number of cyclic esters (lactones) is 2. The summed E-state index contributed by atoms with van der Waals surface area (Å²) >= 11 is 0. The Labute approximate surface area is 273 Å². The Balaban J connectivity index is 2.44. The lowest BCUT2D eigenvalue weighted by atomic mass is 10.00. The normalized spacial score (nSPS) is 19.5. The molecule has 5 nitrogen and oxygen atoms in total. The van der Waals surface area contributed by atoms with Gasteiger partial charge in [-0.1, -0.05) is 155 Å². The molecular weight excluding hydrogens is 548 g/mol. The Hall–Kier alpha value is -1.10. The van der Waals surface area contributed by atoms with Crippen molar-refractivity contribution < 1.29 is 23.8 Å². The Kier molecular flexibility index (Phi) is 29.6. The Morgan fingerprint density at radius 2 is 0.773 bits per heavy atom. The van der Waals surface area contributed by atoms with E-state index < -0.39 is 11.9 Å². The molecule has 260 valence electrons. The summed E-state index contributed by atoms with van der Waals surface area (Å²) in [6, 6.07) is 0. The molecule has 0 bridgehead atoms. The first kappa shape index (κ1) is 40.9. The topological polar surface area (TPSA) is 61.8 Å². The number of hydrogen-bond donors (Lipinski definition) is 0. The molecule has 0 amide bonds. The summed E-state index contributed by atoms with van der Waals surface area (Å²) in [5.41, 5.74) is 0. The van der Waals surface area contributed by atoms with Crippen LogP contribution in [-0.2, 0) is 23.8 Å². The minimum atomic E-state index is -0.470. The molecule has 1 saturated heterocycles. The first-order chi connectivity index (χ1) is 21.7. The van der Waals surface area contributed by atoms with Crippen LogP contribution in [0.3, 0.4) is 0 Å². The summed E-state index contributed by atoms with van der Waals surface area (Å²) in [5, 5.41) is 0. The maximum absolute atomic E-state index is 11.9. The number of rotatable bonds is 24. The van der Waals surface area contributed by atoms with E-state index in [0.29, 0.717) is 25.4 Å². The van der Waals surface area contributed by atoms with E-state index in [1.807, 2.05) is 0 Å². The van der Waals surface area contributed by atoms with E-state index in [2.05, 4.69) is 13.8 Å². The zero-order valence-corrected chi connectivity index (χ0v) is 29.5. The Bertz CT molecular complexity index is 584. The van der Waals surface area contributed by atoms with Gasteiger partial charge in [-0.15, -0.1) is 0 Å². The molecule has 0 saturated carbocycles. The molecule has 44 heavy (non-hydrogen) atoms. The van der Waals surface area contributed by atoms with Crippen molar-refractivity contribution in [1.82, 2.24) is 0 Å². The van der Waals surface area contributed by atoms with E-state index >= 15 is 0 Å². The maximum atomic E-state index is 11.9. The summed E-state index contributed by atoms with van der Waals surface area (Å²) in [5.74, 6) is -0.939. The Morgan fingerprint density at radius 1 is 0.455 bits per heavy atom. The fraction of sp³-hybridized carbons (Fsp3) is 0.949. The molecule has 1 aliphatic heterocycles. The average molecular weight is 623 g/mol. The largest absolute Gasteiger partial charge is 0.465 e. The van der Waals surface area contributed by atoms with Gasteiger partial charge in [-0.2, -0.15) is 0 Å². The van der Waals surface area contributed by atoms with Gasteiger partial charge in [-0.25, -0.2) is 0 Å². The summed E-state index contributed by atoms with van der Waals surface area (Å²) in [7, 11) is 0. The molecule has 1 fully saturated rings. The van der Waals surface area contributed by atoms with Crippen LogP contribution in [0.25, 0.3) is 0 Å². The van der Waals surface area contributed by atoms with Gasteiger partial charge in [0.25, 0.3) is 0 Å². The van der Waals surface area contributed by atoms with Gasteiger partial charge in [0, 0.05) is 0 Å². The average Bonchev–Trinajstić information content (AvgIpc) is 3.01. The highest BCUT2D eigenvalue weighted by molar-refractivity contribution is 5.91. The number of esters is 2. The third-order valence-electron chi connectivity index (χ3n) is 9.30. The standard InChI is InChI=1S/C39H74O5/c1-3-5-7-9-11-13-15-17-19-21-23-29-36-31-25-27-33-42-38(40)35-39(41)43-34-28-26-32-37(44-36)30-24-22-20-18-16-14-12-10-8-6-4-2/h36-37H,3-35H2,1-2H3. The van der Waals surface area contributed by atoms with Gasteiger partial charge in [0.2, 0.25) is 0 Å². The smallest absolute Gasteiger partial charge is 0.317 e. The fourth-order valence-electron chi connectivity index (χ4n) is 6.45. The highest BCUT2D eigenvalue weighted by Gasteiger charge is 2.18. The molecule has 0 aromatic heterocycles. The van der Waals surface area contributed by atoms with Gasteiger partial charge in [0.1, 0.15) is 6.42 Å². The first-order valence-corrected chi connectivity index (χ1v) is 19.6. The molecule has 1 rings (SSSR count). The van der Waals surface area contributed by atoms with Crippen molar-refractivity contribution in [3.05, 3.63) is 0 Å². The van der Waals surface area contributed by atoms with Crippen molar-refractivity contribution >= 4 is 11.9 Å². The molecule has 2 atom stereocenters. The van der Waals surface area contributed by atoms with Crippen LogP contribution in [-0.4, -0.2) is 37.4 Å². The third-order valence-corrected chi connectivity index (χ3v) is 9.30. The van der Waals surface area contributed by atoms with E-state index in [0.717, 1.165) is 51.4 Å². The lowest BCUT2D eigenvalue weighted by molar-refractivity contribution is -0.154. The second-order valence-corrected chi connectivity index (χ2v) is 13.6. The number of hydrogen-bond acceptors (Lipinski definition) is 5. The van der Waals surface area contributed by atoms with E-state index in [9.17, 15) is 9.59 Å². The highest BCUT2D eigenvalue weighted by Crippen LogP contribution is 2.23. The molecule has 0 N–H and O–H groups in total. The van der Waals surface area contributed by atoms with Crippen molar-refractivity contribution in [2.45, 2.75) is 225 Å². The molecule has 0 aromatic rings. The molecule has 5 heteroatoms. The van der Waals surface area contributed by atoms with Crippen LogP contribution in [0.2, 0.25) is 0 Å². The molecule has 0 radical (unpaired) electrons. The molecule has 1 heterocycles.